The molecule has 7 heteroatoms. The number of aromatic hydroxyl groups is 1. The average Bonchev–Trinajstić information content (AvgIpc) is 2.79. The first-order chi connectivity index (χ1) is 8.87. The quantitative estimate of drug-likeness (QED) is 0.902. The number of amides is 1. The van der Waals surface area contributed by atoms with E-state index in [-0.39, 0.29) is 5.56 Å². The maximum atomic E-state index is 12.3. The van der Waals surface area contributed by atoms with E-state index in [1.54, 1.807) is 0 Å². The van der Waals surface area contributed by atoms with E-state index in [4.69, 9.17) is 0 Å². The highest BCUT2D eigenvalue weighted by atomic mass is 19.4. The topological polar surface area (TPSA) is 49.8 Å². The summed E-state index contributed by atoms with van der Waals surface area (Å²) < 4.78 is 40.6. The molecule has 4 nitrogen and oxygen atoms in total. The predicted molar refractivity (Wildman–Crippen MR) is 59.9 cm³/mol. The normalized spacial score (nSPS) is 15.6. The Bertz CT molecular complexity index is 482. The Morgan fingerprint density at radius 2 is 1.89 bits per heavy atom. The molecule has 2 rings (SSSR count). The molecule has 1 aliphatic heterocycles. The molecular formula is C12H12F3NO3. The Hall–Kier alpha value is -1.92. The molecular weight excluding hydrogens is 263 g/mol. The van der Waals surface area contributed by atoms with Gasteiger partial charge < -0.3 is 14.7 Å². The number of rotatable bonds is 2. The molecule has 1 aromatic carbocycles. The Morgan fingerprint density at radius 3 is 2.47 bits per heavy atom. The average molecular weight is 275 g/mol. The lowest BCUT2D eigenvalue weighted by atomic mass is 10.1. The minimum Gasteiger partial charge on any atom is -0.508 e. The van der Waals surface area contributed by atoms with Crippen LogP contribution in [0, 0.1) is 0 Å². The second-order valence-corrected chi connectivity index (χ2v) is 4.23. The van der Waals surface area contributed by atoms with Gasteiger partial charge in [0.25, 0.3) is 5.91 Å². The fraction of sp³-hybridized carbons (Fsp3) is 0.417. The number of phenols is 1. The number of benzene rings is 1. The number of nitrogens with zero attached hydrogens (tertiary/aromatic N) is 1. The van der Waals surface area contributed by atoms with Crippen LogP contribution in [0.3, 0.4) is 0 Å². The molecule has 0 atom stereocenters. The van der Waals surface area contributed by atoms with Crippen LogP contribution in [0.1, 0.15) is 23.2 Å². The minimum absolute atomic E-state index is 0.197. The van der Waals surface area contributed by atoms with Gasteiger partial charge in [-0.15, -0.1) is 13.2 Å². The largest absolute Gasteiger partial charge is 0.573 e. The van der Waals surface area contributed by atoms with Crippen molar-refractivity contribution in [2.45, 2.75) is 19.2 Å². The van der Waals surface area contributed by atoms with Gasteiger partial charge >= 0.3 is 6.36 Å². The molecule has 1 fully saturated rings. The van der Waals surface area contributed by atoms with Gasteiger partial charge in [0.05, 0.1) is 5.56 Å². The Labute approximate surface area is 107 Å². The van der Waals surface area contributed by atoms with Gasteiger partial charge in [-0.1, -0.05) is 0 Å². The van der Waals surface area contributed by atoms with Crippen molar-refractivity contribution in [2.75, 3.05) is 13.1 Å². The lowest BCUT2D eigenvalue weighted by molar-refractivity contribution is -0.274. The third-order valence-electron chi connectivity index (χ3n) is 2.81. The molecule has 0 aliphatic carbocycles. The third kappa shape index (κ3) is 3.30. The minimum atomic E-state index is -4.91. The second kappa shape index (κ2) is 4.99. The van der Waals surface area contributed by atoms with Crippen LogP contribution in [-0.2, 0) is 0 Å². The zero-order chi connectivity index (χ0) is 14.0. The number of alkyl halides is 3. The first kappa shape index (κ1) is 13.5. The van der Waals surface area contributed by atoms with Crippen molar-refractivity contribution in [3.63, 3.8) is 0 Å². The first-order valence-electron chi connectivity index (χ1n) is 5.75. The highest BCUT2D eigenvalue weighted by Gasteiger charge is 2.34. The summed E-state index contributed by atoms with van der Waals surface area (Å²) in [6.45, 7) is 1.04. The maximum Gasteiger partial charge on any atom is 0.573 e. The Morgan fingerprint density at radius 1 is 1.26 bits per heavy atom. The Kier molecular flexibility index (Phi) is 3.55. The molecule has 0 unspecified atom stereocenters. The highest BCUT2D eigenvalue weighted by Crippen LogP contribution is 2.31. The standard InChI is InChI=1S/C12H12F3NO3/c13-12(14,15)19-10-7-8(17)3-4-9(10)11(18)16-5-1-2-6-16/h3-4,7,17H,1-2,5-6H2. The zero-order valence-corrected chi connectivity index (χ0v) is 9.91. The number of likely N-dealkylation sites (tertiary alicyclic amines) is 1. The van der Waals surface area contributed by atoms with Crippen molar-refractivity contribution >= 4 is 5.91 Å². The summed E-state index contributed by atoms with van der Waals surface area (Å²) in [5.74, 6) is -1.58. The SMILES string of the molecule is O=C(c1ccc(O)cc1OC(F)(F)F)N1CCCC1. The van der Waals surface area contributed by atoms with Crippen molar-refractivity contribution in [2.24, 2.45) is 0 Å². The maximum absolute atomic E-state index is 12.3. The van der Waals surface area contributed by atoms with Crippen LogP contribution < -0.4 is 4.74 Å². The van der Waals surface area contributed by atoms with E-state index in [0.717, 1.165) is 31.0 Å². The van der Waals surface area contributed by atoms with Crippen LogP contribution in [0.5, 0.6) is 11.5 Å². The number of hydrogen-bond acceptors (Lipinski definition) is 3. The second-order valence-electron chi connectivity index (χ2n) is 4.23. The summed E-state index contributed by atoms with van der Waals surface area (Å²) in [4.78, 5) is 13.5. The molecule has 104 valence electrons. The predicted octanol–water partition coefficient (Wildman–Crippen LogP) is 2.53. The molecule has 0 saturated carbocycles. The molecule has 0 bridgehead atoms. The number of carbonyl (C=O) groups excluding carboxylic acids is 1. The van der Waals surface area contributed by atoms with Crippen molar-refractivity contribution in [1.29, 1.82) is 0 Å². The van der Waals surface area contributed by atoms with E-state index in [1.807, 2.05) is 0 Å². The van der Waals surface area contributed by atoms with Gasteiger partial charge in [-0.3, -0.25) is 4.79 Å². The van der Waals surface area contributed by atoms with E-state index < -0.39 is 23.8 Å². The van der Waals surface area contributed by atoms with Crippen LogP contribution in [0.4, 0.5) is 13.2 Å². The van der Waals surface area contributed by atoms with Gasteiger partial charge in [0.2, 0.25) is 0 Å². The summed E-state index contributed by atoms with van der Waals surface area (Å²) in [5, 5.41) is 9.21. The van der Waals surface area contributed by atoms with Gasteiger partial charge in [0.1, 0.15) is 11.5 Å². The first-order valence-corrected chi connectivity index (χ1v) is 5.75. The molecule has 1 N–H and O–H groups in total. The molecule has 1 aliphatic rings. The van der Waals surface area contributed by atoms with Crippen molar-refractivity contribution in [3.05, 3.63) is 23.8 Å². The monoisotopic (exact) mass is 275 g/mol. The third-order valence-corrected chi connectivity index (χ3v) is 2.81. The smallest absolute Gasteiger partial charge is 0.508 e. The van der Waals surface area contributed by atoms with Crippen LogP contribution in [0.2, 0.25) is 0 Å². The van der Waals surface area contributed by atoms with Gasteiger partial charge in [0.15, 0.2) is 0 Å². The van der Waals surface area contributed by atoms with Crippen LogP contribution in [-0.4, -0.2) is 35.4 Å². The van der Waals surface area contributed by atoms with Crippen molar-refractivity contribution < 1.29 is 27.8 Å². The number of phenolic OH excluding ortho intramolecular Hbond substituents is 1. The summed E-state index contributed by atoms with van der Waals surface area (Å²) >= 11 is 0. The molecule has 1 amide bonds. The molecule has 1 heterocycles. The lowest BCUT2D eigenvalue weighted by Crippen LogP contribution is -2.29. The molecule has 0 aromatic heterocycles. The van der Waals surface area contributed by atoms with Crippen LogP contribution in [0.25, 0.3) is 0 Å². The van der Waals surface area contributed by atoms with Crippen LogP contribution in [0.15, 0.2) is 18.2 Å². The fourth-order valence-corrected chi connectivity index (χ4v) is 1.99. The molecule has 0 spiro atoms. The zero-order valence-electron chi connectivity index (χ0n) is 9.91. The number of hydrogen-bond donors (Lipinski definition) is 1. The molecule has 1 saturated heterocycles. The van der Waals surface area contributed by atoms with E-state index in [1.165, 1.54) is 4.90 Å². The summed E-state index contributed by atoms with van der Waals surface area (Å²) in [7, 11) is 0. The Balaban J connectivity index is 2.30. The van der Waals surface area contributed by atoms with E-state index in [9.17, 15) is 23.1 Å². The number of halogens is 3. The summed E-state index contributed by atoms with van der Waals surface area (Å²) in [6, 6.07) is 3.08. The fourth-order valence-electron chi connectivity index (χ4n) is 1.99. The van der Waals surface area contributed by atoms with Gasteiger partial charge in [0, 0.05) is 19.2 Å². The molecule has 0 radical (unpaired) electrons. The highest BCUT2D eigenvalue weighted by molar-refractivity contribution is 5.97. The summed E-state index contributed by atoms with van der Waals surface area (Å²) in [5.41, 5.74) is -0.197. The number of carbonyl (C=O) groups is 1. The van der Waals surface area contributed by atoms with E-state index in [0.29, 0.717) is 13.1 Å². The summed E-state index contributed by atoms with van der Waals surface area (Å²) in [6.07, 6.45) is -3.24. The lowest BCUT2D eigenvalue weighted by Gasteiger charge is -2.18. The van der Waals surface area contributed by atoms with Gasteiger partial charge in [-0.05, 0) is 25.0 Å². The van der Waals surface area contributed by atoms with Crippen LogP contribution >= 0.6 is 0 Å². The van der Waals surface area contributed by atoms with Crippen molar-refractivity contribution in [1.82, 2.24) is 4.90 Å². The molecule has 1 aromatic rings. The van der Waals surface area contributed by atoms with Gasteiger partial charge in [-0.25, -0.2) is 0 Å². The van der Waals surface area contributed by atoms with Gasteiger partial charge in [-0.2, -0.15) is 0 Å². The molecule has 19 heavy (non-hydrogen) atoms. The van der Waals surface area contributed by atoms with E-state index in [2.05, 4.69) is 4.74 Å². The van der Waals surface area contributed by atoms with E-state index >= 15 is 0 Å². The number of ether oxygens (including phenoxy) is 1. The van der Waals surface area contributed by atoms with Crippen molar-refractivity contribution in [3.8, 4) is 11.5 Å².